The Morgan fingerprint density at radius 1 is 0.909 bits per heavy atom. The van der Waals surface area contributed by atoms with Crippen LogP contribution < -0.4 is 4.74 Å². The zero-order valence-electron chi connectivity index (χ0n) is 12.7. The van der Waals surface area contributed by atoms with Crippen LogP contribution in [0.1, 0.15) is 28.8 Å². The minimum Gasteiger partial charge on any atom is -0.497 e. The Morgan fingerprint density at radius 3 is 2.09 bits per heavy atom. The second-order valence-corrected chi connectivity index (χ2v) is 5.69. The third-order valence-corrected chi connectivity index (χ3v) is 4.35. The van der Waals surface area contributed by atoms with E-state index in [0.717, 1.165) is 11.3 Å². The summed E-state index contributed by atoms with van der Waals surface area (Å²) in [4.78, 5) is 24.6. The molecule has 0 aliphatic heterocycles. The molecule has 0 unspecified atom stereocenters. The van der Waals surface area contributed by atoms with Crippen LogP contribution in [0.2, 0.25) is 0 Å². The maximum atomic E-state index is 12.7. The van der Waals surface area contributed by atoms with Gasteiger partial charge in [-0.3, -0.25) is 9.59 Å². The van der Waals surface area contributed by atoms with Crippen molar-refractivity contribution >= 4 is 11.6 Å². The molecule has 2 aromatic rings. The average molecular weight is 294 g/mol. The summed E-state index contributed by atoms with van der Waals surface area (Å²) in [6.45, 7) is 1.57. The maximum absolute atomic E-state index is 12.7. The lowest BCUT2D eigenvalue weighted by Gasteiger charge is -2.03. The molecule has 0 saturated heterocycles. The van der Waals surface area contributed by atoms with Crippen molar-refractivity contribution < 1.29 is 14.3 Å². The summed E-state index contributed by atoms with van der Waals surface area (Å²) in [5.41, 5.74) is 1.70. The monoisotopic (exact) mass is 294 g/mol. The summed E-state index contributed by atoms with van der Waals surface area (Å²) in [6.07, 6.45) is 0. The molecule has 0 amide bonds. The number of ketones is 2. The van der Waals surface area contributed by atoms with Crippen molar-refractivity contribution in [3.8, 4) is 5.75 Å². The van der Waals surface area contributed by atoms with Crippen LogP contribution in [0, 0.1) is 11.8 Å². The molecule has 0 bridgehead atoms. The van der Waals surface area contributed by atoms with Crippen LogP contribution >= 0.6 is 0 Å². The van der Waals surface area contributed by atoms with Gasteiger partial charge >= 0.3 is 0 Å². The van der Waals surface area contributed by atoms with E-state index in [1.54, 1.807) is 38.3 Å². The summed E-state index contributed by atoms with van der Waals surface area (Å²) in [5.74, 6) is 0.408. The predicted octanol–water partition coefficient (Wildman–Crippen LogP) is 3.50. The van der Waals surface area contributed by atoms with Gasteiger partial charge in [0.2, 0.25) is 0 Å². The van der Waals surface area contributed by atoms with E-state index in [4.69, 9.17) is 4.74 Å². The largest absolute Gasteiger partial charge is 0.497 e. The molecule has 3 atom stereocenters. The minimum atomic E-state index is -0.242. The van der Waals surface area contributed by atoms with Gasteiger partial charge < -0.3 is 4.74 Å². The van der Waals surface area contributed by atoms with Crippen molar-refractivity contribution in [2.24, 2.45) is 11.8 Å². The van der Waals surface area contributed by atoms with Crippen molar-refractivity contribution in [2.45, 2.75) is 12.8 Å². The Kier molecular flexibility index (Phi) is 3.80. The van der Waals surface area contributed by atoms with Crippen molar-refractivity contribution in [1.29, 1.82) is 0 Å². The molecule has 1 saturated carbocycles. The van der Waals surface area contributed by atoms with E-state index in [-0.39, 0.29) is 29.3 Å². The standard InChI is InChI=1S/C19H18O3/c1-12(20)16-17(13-6-4-3-5-7-13)18(16)19(21)14-8-10-15(22-2)11-9-14/h3-11,16-18H,1-2H3/t16-,17-,18-/m1/s1. The normalized spacial score (nSPS) is 22.9. The summed E-state index contributed by atoms with van der Waals surface area (Å²) in [6, 6.07) is 16.9. The first-order valence-electron chi connectivity index (χ1n) is 7.37. The fourth-order valence-electron chi connectivity index (χ4n) is 3.18. The van der Waals surface area contributed by atoms with Crippen molar-refractivity contribution in [3.63, 3.8) is 0 Å². The summed E-state index contributed by atoms with van der Waals surface area (Å²) in [7, 11) is 1.59. The first-order valence-corrected chi connectivity index (χ1v) is 7.37. The van der Waals surface area contributed by atoms with E-state index < -0.39 is 0 Å². The number of Topliss-reactive ketones (excluding diaryl/α,β-unsaturated/α-hetero) is 2. The van der Waals surface area contributed by atoms with Crippen LogP contribution in [-0.4, -0.2) is 18.7 Å². The number of ether oxygens (including phenoxy) is 1. The van der Waals surface area contributed by atoms with Gasteiger partial charge in [-0.2, -0.15) is 0 Å². The van der Waals surface area contributed by atoms with Crippen LogP contribution in [0.3, 0.4) is 0 Å². The first kappa shape index (κ1) is 14.5. The number of benzene rings is 2. The van der Waals surface area contributed by atoms with Crippen LogP contribution in [0.25, 0.3) is 0 Å². The number of methoxy groups -OCH3 is 1. The maximum Gasteiger partial charge on any atom is 0.167 e. The van der Waals surface area contributed by atoms with Gasteiger partial charge in [-0.1, -0.05) is 30.3 Å². The quantitative estimate of drug-likeness (QED) is 0.793. The highest BCUT2D eigenvalue weighted by Crippen LogP contribution is 2.55. The van der Waals surface area contributed by atoms with Gasteiger partial charge in [0.15, 0.2) is 5.78 Å². The molecular weight excluding hydrogens is 276 g/mol. The molecule has 0 heterocycles. The molecular formula is C19H18O3. The van der Waals surface area contributed by atoms with Gasteiger partial charge in [-0.15, -0.1) is 0 Å². The average Bonchev–Trinajstić information content (AvgIpc) is 3.31. The van der Waals surface area contributed by atoms with Gasteiger partial charge in [0.05, 0.1) is 7.11 Å². The Balaban J connectivity index is 1.86. The van der Waals surface area contributed by atoms with Crippen molar-refractivity contribution in [2.75, 3.05) is 7.11 Å². The van der Waals surface area contributed by atoms with Crippen molar-refractivity contribution in [1.82, 2.24) is 0 Å². The van der Waals surface area contributed by atoms with Gasteiger partial charge in [0.1, 0.15) is 11.5 Å². The fourth-order valence-corrected chi connectivity index (χ4v) is 3.18. The minimum absolute atomic E-state index is 0.00769. The highest BCUT2D eigenvalue weighted by molar-refractivity contribution is 6.05. The van der Waals surface area contributed by atoms with E-state index in [2.05, 4.69) is 0 Å². The topological polar surface area (TPSA) is 43.4 Å². The molecule has 2 aromatic carbocycles. The molecule has 0 radical (unpaired) electrons. The van der Waals surface area contributed by atoms with Crippen LogP contribution in [-0.2, 0) is 4.79 Å². The van der Waals surface area contributed by atoms with Gasteiger partial charge in [0, 0.05) is 23.3 Å². The van der Waals surface area contributed by atoms with Crippen molar-refractivity contribution in [3.05, 3.63) is 65.7 Å². The van der Waals surface area contributed by atoms with E-state index in [9.17, 15) is 9.59 Å². The van der Waals surface area contributed by atoms with Crippen LogP contribution in [0.5, 0.6) is 5.75 Å². The van der Waals surface area contributed by atoms with E-state index in [0.29, 0.717) is 5.56 Å². The smallest absolute Gasteiger partial charge is 0.167 e. The molecule has 0 N–H and O–H groups in total. The summed E-state index contributed by atoms with van der Waals surface area (Å²) in [5, 5.41) is 0. The van der Waals surface area contributed by atoms with Gasteiger partial charge in [-0.05, 0) is 36.8 Å². The summed E-state index contributed by atoms with van der Waals surface area (Å²) < 4.78 is 5.11. The summed E-state index contributed by atoms with van der Waals surface area (Å²) >= 11 is 0. The number of hydrogen-bond acceptors (Lipinski definition) is 3. The Labute approximate surface area is 129 Å². The number of carbonyl (C=O) groups excluding carboxylic acids is 2. The molecule has 112 valence electrons. The highest BCUT2D eigenvalue weighted by Gasteiger charge is 2.57. The van der Waals surface area contributed by atoms with Crippen LogP contribution in [0.15, 0.2) is 54.6 Å². The van der Waals surface area contributed by atoms with Gasteiger partial charge in [-0.25, -0.2) is 0 Å². The van der Waals surface area contributed by atoms with E-state index in [1.807, 2.05) is 30.3 Å². The molecule has 3 rings (SSSR count). The van der Waals surface area contributed by atoms with Gasteiger partial charge in [0.25, 0.3) is 0 Å². The molecule has 1 fully saturated rings. The molecule has 0 spiro atoms. The Morgan fingerprint density at radius 2 is 1.55 bits per heavy atom. The Bertz CT molecular complexity index is 688. The molecule has 22 heavy (non-hydrogen) atoms. The number of hydrogen-bond donors (Lipinski definition) is 0. The molecule has 3 heteroatoms. The molecule has 1 aliphatic rings. The van der Waals surface area contributed by atoms with Crippen LogP contribution in [0.4, 0.5) is 0 Å². The first-order chi connectivity index (χ1) is 10.6. The third-order valence-electron chi connectivity index (χ3n) is 4.35. The predicted molar refractivity (Wildman–Crippen MR) is 84.2 cm³/mol. The zero-order valence-corrected chi connectivity index (χ0v) is 12.7. The number of rotatable bonds is 5. The SMILES string of the molecule is COc1ccc(C(=O)[C@@H]2[C@H](C(C)=O)[C@H]2c2ccccc2)cc1. The third kappa shape index (κ3) is 2.54. The Hall–Kier alpha value is -2.42. The van der Waals surface area contributed by atoms with E-state index >= 15 is 0 Å². The highest BCUT2D eigenvalue weighted by atomic mass is 16.5. The molecule has 3 nitrogen and oxygen atoms in total. The lowest BCUT2D eigenvalue weighted by molar-refractivity contribution is -0.118. The molecule has 0 aromatic heterocycles. The lowest BCUT2D eigenvalue weighted by atomic mass is 10.0. The van der Waals surface area contributed by atoms with E-state index in [1.165, 1.54) is 0 Å². The molecule has 1 aliphatic carbocycles. The number of carbonyl (C=O) groups is 2. The second-order valence-electron chi connectivity index (χ2n) is 5.69. The lowest BCUT2D eigenvalue weighted by Crippen LogP contribution is -2.06. The zero-order chi connectivity index (χ0) is 15.7. The second kappa shape index (κ2) is 5.76. The fraction of sp³-hybridized carbons (Fsp3) is 0.263.